The number of halogens is 1. The summed E-state index contributed by atoms with van der Waals surface area (Å²) in [5.41, 5.74) is 0.572. The number of aliphatic hydroxyl groups is 1. The average Bonchev–Trinajstić information content (AvgIpc) is 3.35. The maximum atomic E-state index is 14.7. The van der Waals surface area contributed by atoms with Crippen molar-refractivity contribution >= 4 is 35.1 Å². The molecule has 1 spiro atoms. The molecule has 0 aliphatic carbocycles. The summed E-state index contributed by atoms with van der Waals surface area (Å²) >= 11 is 6.63. The molecule has 2 amide bonds. The summed E-state index contributed by atoms with van der Waals surface area (Å²) < 4.78 is 12.4. The summed E-state index contributed by atoms with van der Waals surface area (Å²) in [6, 6.07) is 12.5. The van der Waals surface area contributed by atoms with Gasteiger partial charge in [0.05, 0.1) is 42.0 Å². The van der Waals surface area contributed by atoms with Gasteiger partial charge in [0.1, 0.15) is 17.6 Å². The van der Waals surface area contributed by atoms with Crippen LogP contribution in [0.25, 0.3) is 0 Å². The van der Waals surface area contributed by atoms with Gasteiger partial charge in [0.2, 0.25) is 5.91 Å². The molecule has 41 heavy (non-hydrogen) atoms. The number of carbonyl (C=O) groups excluding carboxylic acids is 3. The number of aryl methyl sites for hydroxylation is 1. The predicted molar refractivity (Wildman–Crippen MR) is 153 cm³/mol. The number of carbonyl (C=O) groups is 3. The molecule has 0 aromatic heterocycles. The van der Waals surface area contributed by atoms with Crippen molar-refractivity contribution in [3.05, 3.63) is 89.0 Å². The van der Waals surface area contributed by atoms with Crippen LogP contribution in [-0.4, -0.2) is 65.3 Å². The number of likely N-dealkylation sites (tertiary alicyclic amines) is 1. The van der Waals surface area contributed by atoms with Crippen molar-refractivity contribution in [1.82, 2.24) is 4.90 Å². The number of amides is 2. The summed E-state index contributed by atoms with van der Waals surface area (Å²) in [5.74, 6) is -3.28. The zero-order chi connectivity index (χ0) is 28.7. The van der Waals surface area contributed by atoms with Crippen LogP contribution >= 0.6 is 11.6 Å². The van der Waals surface area contributed by atoms with E-state index in [9.17, 15) is 19.5 Å². The highest BCUT2D eigenvalue weighted by Crippen LogP contribution is 2.55. The highest BCUT2D eigenvalue weighted by atomic mass is 35.5. The van der Waals surface area contributed by atoms with Gasteiger partial charge in [0, 0.05) is 6.54 Å². The Balaban J connectivity index is 1.53. The van der Waals surface area contributed by atoms with Gasteiger partial charge in [-0.25, -0.2) is 0 Å². The fourth-order valence-electron chi connectivity index (χ4n) is 6.89. The van der Waals surface area contributed by atoms with E-state index in [0.29, 0.717) is 16.3 Å². The number of esters is 1. The molecule has 9 heteroatoms. The second-order valence-electron chi connectivity index (χ2n) is 11.0. The quantitative estimate of drug-likeness (QED) is 0.434. The van der Waals surface area contributed by atoms with Crippen LogP contribution in [0.4, 0.5) is 5.69 Å². The zero-order valence-corrected chi connectivity index (χ0v) is 23.6. The van der Waals surface area contributed by atoms with E-state index in [-0.39, 0.29) is 13.2 Å². The standard InChI is InChI=1S/C32H33ClN2O6/c1-20-11-9-14-22(33)27(20)34-17-10-16-32-26(25-24(41-32)15-7-2-3-8-18-40-31(25)39)29(37)35(28(32)30(34)38)23(19-36)21-12-5-4-6-13-21/h4-7,9-16,23-26,28,36H,2-3,8,17-19H2,1H3/b15-7-/t23-,24+,25-,26+,28?,32+/m1/s1. The Kier molecular flexibility index (Phi) is 7.49. The fraction of sp³-hybridized carbons (Fsp3) is 0.406. The smallest absolute Gasteiger partial charge is 0.312 e. The van der Waals surface area contributed by atoms with Crippen LogP contribution in [0.1, 0.15) is 36.4 Å². The van der Waals surface area contributed by atoms with Gasteiger partial charge in [-0.1, -0.05) is 78.4 Å². The Labute approximate surface area is 244 Å². The molecule has 2 aromatic rings. The lowest BCUT2D eigenvalue weighted by molar-refractivity contribution is -0.155. The first-order chi connectivity index (χ1) is 19.9. The van der Waals surface area contributed by atoms with Gasteiger partial charge in [0.25, 0.3) is 5.91 Å². The van der Waals surface area contributed by atoms with E-state index in [1.165, 1.54) is 4.90 Å². The summed E-state index contributed by atoms with van der Waals surface area (Å²) in [6.07, 6.45) is 9.04. The molecule has 4 aliphatic heterocycles. The molecule has 0 radical (unpaired) electrons. The Morgan fingerprint density at radius 3 is 2.61 bits per heavy atom. The summed E-state index contributed by atoms with van der Waals surface area (Å²) in [5, 5.41) is 11.1. The molecule has 0 saturated carbocycles. The van der Waals surface area contributed by atoms with Crippen molar-refractivity contribution in [1.29, 1.82) is 0 Å². The van der Waals surface area contributed by atoms with Crippen LogP contribution in [-0.2, 0) is 23.9 Å². The van der Waals surface area contributed by atoms with Gasteiger partial charge < -0.3 is 24.4 Å². The van der Waals surface area contributed by atoms with E-state index in [1.54, 1.807) is 17.0 Å². The number of cyclic esters (lactones) is 1. The molecule has 4 heterocycles. The highest BCUT2D eigenvalue weighted by Gasteiger charge is 2.72. The number of para-hydroxylation sites is 1. The molecule has 6 rings (SSSR count). The molecular formula is C32H33ClN2O6. The van der Waals surface area contributed by atoms with Crippen molar-refractivity contribution in [2.24, 2.45) is 11.8 Å². The molecule has 2 saturated heterocycles. The van der Waals surface area contributed by atoms with Crippen LogP contribution in [0.15, 0.2) is 72.8 Å². The molecule has 1 N–H and O–H groups in total. The van der Waals surface area contributed by atoms with Gasteiger partial charge in [0.15, 0.2) is 0 Å². The number of nitrogens with zero attached hydrogens (tertiary/aromatic N) is 2. The minimum absolute atomic E-state index is 0.199. The number of hydrogen-bond acceptors (Lipinski definition) is 6. The van der Waals surface area contributed by atoms with Crippen LogP contribution < -0.4 is 4.90 Å². The lowest BCUT2D eigenvalue weighted by Crippen LogP contribution is -2.56. The Bertz CT molecular complexity index is 1390. The van der Waals surface area contributed by atoms with Crippen LogP contribution in [0.5, 0.6) is 0 Å². The van der Waals surface area contributed by atoms with Crippen LogP contribution in [0.2, 0.25) is 5.02 Å². The number of fused-ring (bicyclic) bond motifs is 2. The average molecular weight is 577 g/mol. The first-order valence-corrected chi connectivity index (χ1v) is 14.5. The summed E-state index contributed by atoms with van der Waals surface area (Å²) in [6.45, 7) is 1.91. The lowest BCUT2D eigenvalue weighted by Gasteiger charge is -2.39. The molecule has 4 aliphatic rings. The van der Waals surface area contributed by atoms with Gasteiger partial charge >= 0.3 is 5.97 Å². The monoisotopic (exact) mass is 576 g/mol. The highest BCUT2D eigenvalue weighted by molar-refractivity contribution is 6.34. The minimum atomic E-state index is -1.45. The van der Waals surface area contributed by atoms with E-state index in [2.05, 4.69) is 0 Å². The van der Waals surface area contributed by atoms with Crippen molar-refractivity contribution in [2.75, 3.05) is 24.7 Å². The lowest BCUT2D eigenvalue weighted by atomic mass is 9.78. The van der Waals surface area contributed by atoms with E-state index in [4.69, 9.17) is 21.1 Å². The third-order valence-corrected chi connectivity index (χ3v) is 9.00. The van der Waals surface area contributed by atoms with Crippen LogP contribution in [0, 0.1) is 18.8 Å². The summed E-state index contributed by atoms with van der Waals surface area (Å²) in [4.78, 5) is 45.9. The molecule has 214 valence electrons. The van der Waals surface area contributed by atoms with E-state index < -0.39 is 60.0 Å². The van der Waals surface area contributed by atoms with Gasteiger partial charge in [-0.05, 0) is 43.4 Å². The Hall–Kier alpha value is -3.46. The molecule has 2 fully saturated rings. The number of ether oxygens (including phenoxy) is 2. The van der Waals surface area contributed by atoms with E-state index in [1.807, 2.05) is 67.6 Å². The molecule has 6 atom stereocenters. The SMILES string of the molecule is Cc1cccc(Cl)c1N1CC=C[C@]23O[C@H]4/C=C\CCCCOC(=O)[C@H]4[C@H]2C(=O)N([C@H](CO)c2ccccc2)C3C1=O. The number of hydrogen-bond donors (Lipinski definition) is 1. The van der Waals surface area contributed by atoms with E-state index >= 15 is 0 Å². The second kappa shape index (κ2) is 11.1. The Morgan fingerprint density at radius 1 is 1.05 bits per heavy atom. The largest absolute Gasteiger partial charge is 0.465 e. The molecular weight excluding hydrogens is 544 g/mol. The third-order valence-electron chi connectivity index (χ3n) is 8.69. The number of benzene rings is 2. The van der Waals surface area contributed by atoms with E-state index in [0.717, 1.165) is 24.8 Å². The van der Waals surface area contributed by atoms with Crippen LogP contribution in [0.3, 0.4) is 0 Å². The topological polar surface area (TPSA) is 96.4 Å². The maximum Gasteiger partial charge on any atom is 0.312 e. The predicted octanol–water partition coefficient (Wildman–Crippen LogP) is 4.15. The maximum absolute atomic E-state index is 14.7. The molecule has 8 nitrogen and oxygen atoms in total. The zero-order valence-electron chi connectivity index (χ0n) is 22.8. The van der Waals surface area contributed by atoms with Crippen molar-refractivity contribution < 1.29 is 29.0 Å². The van der Waals surface area contributed by atoms with Crippen molar-refractivity contribution in [2.45, 2.75) is 50.0 Å². The first-order valence-electron chi connectivity index (χ1n) is 14.1. The normalized spacial score (nSPS) is 31.1. The van der Waals surface area contributed by atoms with Gasteiger partial charge in [-0.15, -0.1) is 0 Å². The van der Waals surface area contributed by atoms with Gasteiger partial charge in [-0.3, -0.25) is 14.4 Å². The fourth-order valence-corrected chi connectivity index (χ4v) is 7.21. The van der Waals surface area contributed by atoms with Crippen molar-refractivity contribution in [3.63, 3.8) is 0 Å². The number of rotatable bonds is 4. The minimum Gasteiger partial charge on any atom is -0.465 e. The summed E-state index contributed by atoms with van der Waals surface area (Å²) in [7, 11) is 0. The molecule has 2 aromatic carbocycles. The Morgan fingerprint density at radius 2 is 1.85 bits per heavy atom. The number of aliphatic hydroxyl groups excluding tert-OH is 1. The second-order valence-corrected chi connectivity index (χ2v) is 11.5. The molecule has 1 unspecified atom stereocenters. The number of anilines is 1. The number of allylic oxidation sites excluding steroid dienone is 1. The third kappa shape index (κ3) is 4.49. The first kappa shape index (κ1) is 27.7. The molecule has 0 bridgehead atoms. The van der Waals surface area contributed by atoms with Gasteiger partial charge in [-0.2, -0.15) is 0 Å². The van der Waals surface area contributed by atoms with Crippen molar-refractivity contribution in [3.8, 4) is 0 Å².